The number of halogens is 3. The molecule has 1 amide bonds. The van der Waals surface area contributed by atoms with Crippen molar-refractivity contribution in [2.45, 2.75) is 62.6 Å². The van der Waals surface area contributed by atoms with Crippen LogP contribution >= 0.6 is 0 Å². The van der Waals surface area contributed by atoms with Gasteiger partial charge in [-0.3, -0.25) is 14.5 Å². The number of aryl methyl sites for hydroxylation is 1. The van der Waals surface area contributed by atoms with Crippen molar-refractivity contribution in [3.05, 3.63) is 48.3 Å². The molecule has 0 unspecified atom stereocenters. The molecule has 4 heterocycles. The summed E-state index contributed by atoms with van der Waals surface area (Å²) < 4.78 is 73.1. The number of nitrogens with one attached hydrogen (secondary N) is 2. The zero-order valence-corrected chi connectivity index (χ0v) is 26.3. The Labute approximate surface area is 263 Å². The van der Waals surface area contributed by atoms with E-state index in [0.717, 1.165) is 24.7 Å². The number of carbonyl (C=O) groups excluding carboxylic acids is 1. The first-order valence-electron chi connectivity index (χ1n) is 14.4. The van der Waals surface area contributed by atoms with Crippen LogP contribution in [0.25, 0.3) is 22.5 Å². The molecular weight excluding hydrogens is 627 g/mol. The highest BCUT2D eigenvalue weighted by Gasteiger charge is 2.36. The normalized spacial score (nSPS) is 17.0. The number of aromatic nitrogens is 7. The van der Waals surface area contributed by atoms with Crippen LogP contribution in [0, 0.1) is 0 Å². The molecule has 4 aromatic heterocycles. The molecule has 1 saturated carbocycles. The van der Waals surface area contributed by atoms with Crippen LogP contribution in [0.3, 0.4) is 0 Å². The summed E-state index contributed by atoms with van der Waals surface area (Å²) in [7, 11) is -1.94. The molecule has 13 nitrogen and oxygen atoms in total. The SMILES string of the molecule is CCOc1nc(NC(C)=O)c(C2CCC(Nc3ncc(C(F)(F)F)c(-c4cncc(S(C)(=O)=O)c4)n3)CC2)nc1-c1cnn(C)c1. The van der Waals surface area contributed by atoms with Gasteiger partial charge in [0.05, 0.1) is 29.1 Å². The molecule has 46 heavy (non-hydrogen) atoms. The summed E-state index contributed by atoms with van der Waals surface area (Å²) in [6, 6.07) is 0.929. The molecule has 2 N–H and O–H groups in total. The minimum absolute atomic E-state index is 0.0325. The topological polar surface area (TPSA) is 167 Å². The Hall–Kier alpha value is -4.67. The lowest BCUT2D eigenvalue weighted by atomic mass is 9.83. The Balaban J connectivity index is 1.40. The fourth-order valence-electron chi connectivity index (χ4n) is 5.27. The van der Waals surface area contributed by atoms with E-state index in [9.17, 15) is 26.4 Å². The van der Waals surface area contributed by atoms with E-state index < -0.39 is 27.3 Å². The highest BCUT2D eigenvalue weighted by Crippen LogP contribution is 2.40. The lowest BCUT2D eigenvalue weighted by Gasteiger charge is -2.30. The van der Waals surface area contributed by atoms with Crippen molar-refractivity contribution in [1.82, 2.24) is 34.7 Å². The number of alkyl halides is 3. The van der Waals surface area contributed by atoms with Crippen molar-refractivity contribution < 1.29 is 31.1 Å². The van der Waals surface area contributed by atoms with Gasteiger partial charge in [-0.15, -0.1) is 0 Å². The number of sulfone groups is 1. The third-order valence-corrected chi connectivity index (χ3v) is 8.48. The maximum absolute atomic E-state index is 13.9. The lowest BCUT2D eigenvalue weighted by Crippen LogP contribution is -2.27. The van der Waals surface area contributed by atoms with Crippen LogP contribution in [0.4, 0.5) is 24.9 Å². The molecule has 0 spiro atoms. The molecule has 0 aliphatic heterocycles. The van der Waals surface area contributed by atoms with Crippen LogP contribution in [0.5, 0.6) is 5.88 Å². The highest BCUT2D eigenvalue weighted by molar-refractivity contribution is 7.90. The number of hydrogen-bond donors (Lipinski definition) is 2. The van der Waals surface area contributed by atoms with Crippen molar-refractivity contribution in [3.63, 3.8) is 0 Å². The minimum Gasteiger partial charge on any atom is -0.476 e. The van der Waals surface area contributed by atoms with E-state index in [-0.39, 0.29) is 40.2 Å². The van der Waals surface area contributed by atoms with Crippen LogP contribution in [0.2, 0.25) is 0 Å². The van der Waals surface area contributed by atoms with Crippen LogP contribution in [0.1, 0.15) is 56.7 Å². The second-order valence-electron chi connectivity index (χ2n) is 11.0. The van der Waals surface area contributed by atoms with Gasteiger partial charge in [0.25, 0.3) is 0 Å². The monoisotopic (exact) mass is 659 g/mol. The number of amides is 1. The Morgan fingerprint density at radius 2 is 1.78 bits per heavy atom. The zero-order chi connectivity index (χ0) is 33.2. The van der Waals surface area contributed by atoms with Gasteiger partial charge in [-0.25, -0.2) is 23.4 Å². The van der Waals surface area contributed by atoms with Gasteiger partial charge in [0.2, 0.25) is 17.7 Å². The second-order valence-corrected chi connectivity index (χ2v) is 13.0. The van der Waals surface area contributed by atoms with Crippen molar-refractivity contribution in [3.8, 4) is 28.4 Å². The summed E-state index contributed by atoms with van der Waals surface area (Å²) in [4.78, 5) is 33.2. The van der Waals surface area contributed by atoms with Gasteiger partial charge in [-0.2, -0.15) is 23.3 Å². The number of carbonyl (C=O) groups is 1. The number of nitrogens with zero attached hydrogens (tertiary/aromatic N) is 7. The predicted octanol–water partition coefficient (Wildman–Crippen LogP) is 4.65. The van der Waals surface area contributed by atoms with Crippen LogP contribution in [-0.2, 0) is 27.9 Å². The summed E-state index contributed by atoms with van der Waals surface area (Å²) in [5.41, 5.74) is 0.106. The molecule has 0 bridgehead atoms. The molecule has 1 aliphatic rings. The molecule has 0 atom stereocenters. The van der Waals surface area contributed by atoms with Gasteiger partial charge in [0.1, 0.15) is 11.3 Å². The maximum atomic E-state index is 13.9. The standard InChI is InChI=1S/C29H32F3N9O4S/c1-5-45-27-25(19-12-35-41(3)15-19)38-24(26(40-27)36-16(2)42)17-6-8-20(9-7-17)37-28-34-14-22(29(30,31)32)23(39-28)18-10-21(13-33-11-18)46(4,43)44/h10-15,17,20H,5-9H2,1-4H3,(H,34,37,39)(H,36,40,42). The third-order valence-electron chi connectivity index (χ3n) is 7.40. The summed E-state index contributed by atoms with van der Waals surface area (Å²) in [6.45, 7) is 3.54. The van der Waals surface area contributed by atoms with E-state index in [0.29, 0.717) is 61.3 Å². The van der Waals surface area contributed by atoms with E-state index >= 15 is 0 Å². The fourth-order valence-corrected chi connectivity index (χ4v) is 5.86. The third kappa shape index (κ3) is 7.41. The van der Waals surface area contributed by atoms with E-state index in [1.807, 2.05) is 6.92 Å². The van der Waals surface area contributed by atoms with E-state index in [1.165, 1.54) is 6.92 Å². The quantitative estimate of drug-likeness (QED) is 0.257. The largest absolute Gasteiger partial charge is 0.476 e. The van der Waals surface area contributed by atoms with Gasteiger partial charge in [-0.1, -0.05) is 0 Å². The molecule has 0 saturated heterocycles. The van der Waals surface area contributed by atoms with Gasteiger partial charge >= 0.3 is 6.18 Å². The average Bonchev–Trinajstić information content (AvgIpc) is 3.42. The van der Waals surface area contributed by atoms with Crippen molar-refractivity contribution >= 4 is 27.5 Å². The predicted molar refractivity (Wildman–Crippen MR) is 162 cm³/mol. The number of anilines is 2. The Kier molecular flexibility index (Phi) is 9.23. The van der Waals surface area contributed by atoms with E-state index in [4.69, 9.17) is 9.72 Å². The summed E-state index contributed by atoms with van der Waals surface area (Å²) in [6.07, 6.45) is 4.90. The molecule has 0 radical (unpaired) electrons. The van der Waals surface area contributed by atoms with Crippen molar-refractivity contribution in [1.29, 1.82) is 0 Å². The molecule has 1 fully saturated rings. The highest BCUT2D eigenvalue weighted by atomic mass is 32.2. The van der Waals surface area contributed by atoms with E-state index in [2.05, 4.69) is 35.7 Å². The number of hydrogen-bond acceptors (Lipinski definition) is 11. The maximum Gasteiger partial charge on any atom is 0.419 e. The van der Waals surface area contributed by atoms with Crippen LogP contribution in [-0.4, -0.2) is 67.9 Å². The molecule has 0 aromatic carbocycles. The number of ether oxygens (including phenoxy) is 1. The van der Waals surface area contributed by atoms with Gasteiger partial charge in [0, 0.05) is 68.1 Å². The van der Waals surface area contributed by atoms with Crippen LogP contribution in [0.15, 0.2) is 41.9 Å². The summed E-state index contributed by atoms with van der Waals surface area (Å²) in [5, 5.41) is 10.1. The molecular formula is C29H32F3N9O4S. The summed E-state index contributed by atoms with van der Waals surface area (Å²) >= 11 is 0. The Bertz CT molecular complexity index is 1860. The molecule has 1 aliphatic carbocycles. The smallest absolute Gasteiger partial charge is 0.419 e. The first kappa shape index (κ1) is 32.7. The van der Waals surface area contributed by atoms with Gasteiger partial charge < -0.3 is 15.4 Å². The molecule has 4 aromatic rings. The van der Waals surface area contributed by atoms with Gasteiger partial charge in [0.15, 0.2) is 15.7 Å². The van der Waals surface area contributed by atoms with Gasteiger partial charge in [-0.05, 0) is 38.7 Å². The zero-order valence-electron chi connectivity index (χ0n) is 25.5. The fraction of sp³-hybridized carbons (Fsp3) is 0.414. The Morgan fingerprint density at radius 1 is 1.04 bits per heavy atom. The van der Waals surface area contributed by atoms with Crippen LogP contribution < -0.4 is 15.4 Å². The number of pyridine rings is 1. The molecule has 5 rings (SSSR count). The lowest BCUT2D eigenvalue weighted by molar-refractivity contribution is -0.137. The second kappa shape index (κ2) is 13.0. The molecule has 244 valence electrons. The van der Waals surface area contributed by atoms with Crippen molar-refractivity contribution in [2.24, 2.45) is 7.05 Å². The van der Waals surface area contributed by atoms with Crippen molar-refractivity contribution in [2.75, 3.05) is 23.5 Å². The number of rotatable bonds is 9. The first-order chi connectivity index (χ1) is 21.7. The Morgan fingerprint density at radius 3 is 2.39 bits per heavy atom. The minimum atomic E-state index is -4.79. The molecule has 17 heteroatoms. The van der Waals surface area contributed by atoms with E-state index in [1.54, 1.807) is 24.1 Å². The first-order valence-corrected chi connectivity index (χ1v) is 16.3. The summed E-state index contributed by atoms with van der Waals surface area (Å²) in [5.74, 6) is 0.142. The average molecular weight is 660 g/mol.